The first-order valence-electron chi connectivity index (χ1n) is 9.51. The van der Waals surface area contributed by atoms with Crippen LogP contribution in [0.15, 0.2) is 59.5 Å². The minimum absolute atomic E-state index is 0.0903. The van der Waals surface area contributed by atoms with Gasteiger partial charge in [-0.2, -0.15) is 0 Å². The molecule has 2 aliphatic heterocycles. The van der Waals surface area contributed by atoms with E-state index in [2.05, 4.69) is 15.1 Å². The summed E-state index contributed by atoms with van der Waals surface area (Å²) >= 11 is 0. The quantitative estimate of drug-likeness (QED) is 0.852. The molecule has 2 aromatic carbocycles. The fourth-order valence-electron chi connectivity index (χ4n) is 4.35. The van der Waals surface area contributed by atoms with Crippen LogP contribution in [0.25, 0.3) is 0 Å². The fourth-order valence-corrected chi connectivity index (χ4v) is 5.29. The second-order valence-corrected chi connectivity index (χ2v) is 9.60. The first-order valence-corrected chi connectivity index (χ1v) is 11.4. The second kappa shape index (κ2) is 7.22. The number of carbonyl (C=O) groups is 1. The maximum atomic E-state index is 12.7. The number of sulfone groups is 1. The Kier molecular flexibility index (Phi) is 4.89. The molecule has 1 spiro atoms. The molecule has 148 valence electrons. The largest absolute Gasteiger partial charge is 0.339 e. The maximum absolute atomic E-state index is 12.7. The average molecular weight is 400 g/mol. The number of amides is 1. The lowest BCUT2D eigenvalue weighted by molar-refractivity contribution is -0.125. The van der Waals surface area contributed by atoms with E-state index >= 15 is 0 Å². The number of likely N-dealkylation sites (tertiary alicyclic amines) is 1. The normalized spacial score (nSPS) is 19.8. The number of rotatable bonds is 4. The molecule has 1 amide bonds. The number of nitrogens with one attached hydrogen (secondary N) is 1. The number of anilines is 1. The van der Waals surface area contributed by atoms with Gasteiger partial charge in [-0.15, -0.1) is 0 Å². The Morgan fingerprint density at radius 2 is 1.64 bits per heavy atom. The number of benzene rings is 2. The van der Waals surface area contributed by atoms with Gasteiger partial charge in [0.25, 0.3) is 0 Å². The van der Waals surface area contributed by atoms with Crippen LogP contribution >= 0.6 is 0 Å². The van der Waals surface area contributed by atoms with Gasteiger partial charge in [0, 0.05) is 31.6 Å². The summed E-state index contributed by atoms with van der Waals surface area (Å²) in [7, 11) is -3.26. The van der Waals surface area contributed by atoms with Crippen LogP contribution in [0.2, 0.25) is 0 Å². The molecule has 6 nitrogen and oxygen atoms in total. The van der Waals surface area contributed by atoms with Crippen LogP contribution in [-0.4, -0.2) is 50.8 Å². The fraction of sp³-hybridized carbons (Fsp3) is 0.381. The number of nitrogens with zero attached hydrogens (tertiary/aromatic N) is 2. The van der Waals surface area contributed by atoms with E-state index in [0.717, 1.165) is 37.2 Å². The number of piperidine rings is 1. The van der Waals surface area contributed by atoms with Gasteiger partial charge in [0.05, 0.1) is 11.6 Å². The molecule has 4 rings (SSSR count). The van der Waals surface area contributed by atoms with Gasteiger partial charge in [-0.1, -0.05) is 36.4 Å². The van der Waals surface area contributed by atoms with Gasteiger partial charge in [-0.3, -0.25) is 9.69 Å². The minimum Gasteiger partial charge on any atom is -0.339 e. The number of hydrogen-bond donors (Lipinski definition) is 1. The Labute approximate surface area is 166 Å². The zero-order chi connectivity index (χ0) is 19.8. The van der Waals surface area contributed by atoms with E-state index in [-0.39, 0.29) is 5.91 Å². The lowest BCUT2D eigenvalue weighted by Gasteiger charge is -2.43. The van der Waals surface area contributed by atoms with E-state index in [1.165, 1.54) is 6.26 Å². The van der Waals surface area contributed by atoms with Crippen molar-refractivity contribution in [3.8, 4) is 0 Å². The van der Waals surface area contributed by atoms with Crippen molar-refractivity contribution >= 4 is 21.4 Å². The third-order valence-corrected chi connectivity index (χ3v) is 7.05. The van der Waals surface area contributed by atoms with Crippen molar-refractivity contribution in [3.05, 3.63) is 60.2 Å². The molecule has 0 unspecified atom stereocenters. The van der Waals surface area contributed by atoms with Gasteiger partial charge in [0.15, 0.2) is 9.84 Å². The molecular formula is C21H25N3O3S. The van der Waals surface area contributed by atoms with Crippen molar-refractivity contribution in [1.29, 1.82) is 0 Å². The smallest absolute Gasteiger partial charge is 0.247 e. The predicted octanol–water partition coefficient (Wildman–Crippen LogP) is 2.02. The van der Waals surface area contributed by atoms with Crippen molar-refractivity contribution < 1.29 is 13.2 Å². The van der Waals surface area contributed by atoms with Gasteiger partial charge < -0.3 is 10.2 Å². The molecule has 0 aliphatic carbocycles. The second-order valence-electron chi connectivity index (χ2n) is 7.62. The maximum Gasteiger partial charge on any atom is 0.247 e. The summed E-state index contributed by atoms with van der Waals surface area (Å²) in [5, 5.41) is 3.01. The highest BCUT2D eigenvalue weighted by molar-refractivity contribution is 7.90. The lowest BCUT2D eigenvalue weighted by atomic mass is 9.85. The molecule has 2 heterocycles. The Balaban J connectivity index is 1.51. The highest BCUT2D eigenvalue weighted by Crippen LogP contribution is 2.36. The molecule has 2 aliphatic rings. The Bertz CT molecular complexity index is 967. The summed E-state index contributed by atoms with van der Waals surface area (Å²) in [6.07, 6.45) is 2.68. The molecule has 2 fully saturated rings. The van der Waals surface area contributed by atoms with Crippen LogP contribution in [0.5, 0.6) is 0 Å². The number of hydrogen-bond acceptors (Lipinski definition) is 5. The van der Waals surface area contributed by atoms with E-state index in [1.807, 2.05) is 42.5 Å². The van der Waals surface area contributed by atoms with Crippen LogP contribution < -0.4 is 10.2 Å². The topological polar surface area (TPSA) is 69.7 Å². The SMILES string of the molecule is CS(=O)(=O)c1ccccc1CN1CCC2(CC1)C(=O)NCN2c1ccccc1. The zero-order valence-electron chi connectivity index (χ0n) is 16.0. The van der Waals surface area contributed by atoms with E-state index < -0.39 is 15.4 Å². The van der Waals surface area contributed by atoms with Crippen LogP contribution in [-0.2, 0) is 21.2 Å². The molecule has 0 radical (unpaired) electrons. The summed E-state index contributed by atoms with van der Waals surface area (Å²) in [4.78, 5) is 17.5. The first kappa shape index (κ1) is 19.0. The summed E-state index contributed by atoms with van der Waals surface area (Å²) in [6, 6.07) is 17.2. The van der Waals surface area contributed by atoms with E-state index in [0.29, 0.717) is 18.1 Å². The standard InChI is InChI=1S/C21H25N3O3S/c1-28(26,27)19-10-6-5-7-17(19)15-23-13-11-21(12-14-23)20(25)22-16-24(21)18-8-3-2-4-9-18/h2-10H,11-16H2,1H3,(H,22,25). The van der Waals surface area contributed by atoms with Crippen molar-refractivity contribution in [2.45, 2.75) is 29.8 Å². The van der Waals surface area contributed by atoms with E-state index in [1.54, 1.807) is 12.1 Å². The molecule has 0 bridgehead atoms. The van der Waals surface area contributed by atoms with Gasteiger partial charge >= 0.3 is 0 Å². The molecule has 0 saturated carbocycles. The van der Waals surface area contributed by atoms with E-state index in [9.17, 15) is 13.2 Å². The monoisotopic (exact) mass is 399 g/mol. The number of carbonyl (C=O) groups excluding carboxylic acids is 1. The molecular weight excluding hydrogens is 374 g/mol. The van der Waals surface area contributed by atoms with Crippen LogP contribution in [0.3, 0.4) is 0 Å². The molecule has 28 heavy (non-hydrogen) atoms. The van der Waals surface area contributed by atoms with Gasteiger partial charge in [0.1, 0.15) is 5.54 Å². The molecule has 7 heteroatoms. The lowest BCUT2D eigenvalue weighted by Crippen LogP contribution is -2.56. The predicted molar refractivity (Wildman–Crippen MR) is 109 cm³/mol. The highest BCUT2D eigenvalue weighted by atomic mass is 32.2. The Morgan fingerprint density at radius 1 is 1.00 bits per heavy atom. The van der Waals surface area contributed by atoms with Gasteiger partial charge in [-0.25, -0.2) is 8.42 Å². The Morgan fingerprint density at radius 3 is 2.32 bits per heavy atom. The highest BCUT2D eigenvalue weighted by Gasteiger charge is 2.50. The molecule has 2 saturated heterocycles. The van der Waals surface area contributed by atoms with Crippen molar-refractivity contribution in [2.24, 2.45) is 0 Å². The van der Waals surface area contributed by atoms with Gasteiger partial charge in [0.2, 0.25) is 5.91 Å². The molecule has 2 aromatic rings. The first-order chi connectivity index (χ1) is 13.4. The minimum atomic E-state index is -3.26. The summed E-state index contributed by atoms with van der Waals surface area (Å²) in [6.45, 7) is 2.59. The summed E-state index contributed by atoms with van der Waals surface area (Å²) in [5.74, 6) is 0.0903. The number of para-hydroxylation sites is 1. The zero-order valence-corrected chi connectivity index (χ0v) is 16.8. The summed E-state index contributed by atoms with van der Waals surface area (Å²) in [5.41, 5.74) is 1.35. The van der Waals surface area contributed by atoms with Crippen molar-refractivity contribution in [3.63, 3.8) is 0 Å². The van der Waals surface area contributed by atoms with Crippen LogP contribution in [0, 0.1) is 0 Å². The molecule has 1 N–H and O–H groups in total. The summed E-state index contributed by atoms with van der Waals surface area (Å²) < 4.78 is 24.1. The third-order valence-electron chi connectivity index (χ3n) is 5.85. The Hall–Kier alpha value is -2.38. The average Bonchev–Trinajstić information content (AvgIpc) is 3.00. The third kappa shape index (κ3) is 3.40. The van der Waals surface area contributed by atoms with E-state index in [4.69, 9.17) is 0 Å². The van der Waals surface area contributed by atoms with Crippen molar-refractivity contribution in [1.82, 2.24) is 10.2 Å². The van der Waals surface area contributed by atoms with Crippen LogP contribution in [0.4, 0.5) is 5.69 Å². The van der Waals surface area contributed by atoms with Crippen LogP contribution in [0.1, 0.15) is 18.4 Å². The molecule has 0 aromatic heterocycles. The van der Waals surface area contributed by atoms with Crippen molar-refractivity contribution in [2.75, 3.05) is 30.9 Å². The van der Waals surface area contributed by atoms with Gasteiger partial charge in [-0.05, 0) is 36.6 Å². The molecule has 0 atom stereocenters.